The van der Waals surface area contributed by atoms with Gasteiger partial charge in [0.2, 0.25) is 11.8 Å². The van der Waals surface area contributed by atoms with Crippen LogP contribution in [0.3, 0.4) is 0 Å². The molecule has 1 saturated heterocycles. The lowest BCUT2D eigenvalue weighted by atomic mass is 10.0. The number of aromatic nitrogens is 4. The molecule has 1 saturated carbocycles. The number of hydrogen-bond donors (Lipinski definition) is 2. The first kappa shape index (κ1) is 37.0. The molecular formula is C37H47N7O7S. The maximum atomic E-state index is 14.5. The number of thiazole rings is 1. The Hall–Kier alpha value is -4.79. The summed E-state index contributed by atoms with van der Waals surface area (Å²) < 4.78 is 16.3. The highest BCUT2D eigenvalue weighted by Gasteiger charge is 2.62. The van der Waals surface area contributed by atoms with Crippen LogP contribution in [-0.4, -0.2) is 92.2 Å². The molecule has 0 spiro atoms. The fourth-order valence-corrected chi connectivity index (χ4v) is 7.48. The van der Waals surface area contributed by atoms with Crippen molar-refractivity contribution in [3.63, 3.8) is 0 Å². The van der Waals surface area contributed by atoms with Crippen molar-refractivity contribution in [1.82, 2.24) is 35.5 Å². The highest BCUT2D eigenvalue weighted by Crippen LogP contribution is 2.46. The van der Waals surface area contributed by atoms with Crippen molar-refractivity contribution in [3.8, 4) is 27.7 Å². The molecule has 4 heterocycles. The number of alkyl carbamates (subject to hydrolysis) is 1. The number of carbonyl (C=O) groups excluding carboxylic acids is 4. The molecule has 2 aliphatic heterocycles. The van der Waals surface area contributed by atoms with Gasteiger partial charge in [0.1, 0.15) is 45.4 Å². The minimum atomic E-state index is -1.21. The molecule has 1 aromatic carbocycles. The number of nitrogens with zero attached hydrogens (tertiary/aromatic N) is 5. The van der Waals surface area contributed by atoms with Gasteiger partial charge in [-0.15, -0.1) is 16.4 Å². The second-order valence-corrected chi connectivity index (χ2v) is 15.3. The highest BCUT2D eigenvalue weighted by molar-refractivity contribution is 7.13. The molecule has 2 N–H and O–H groups in total. The fraction of sp³-hybridized carbons (Fsp3) is 0.541. The van der Waals surface area contributed by atoms with Crippen LogP contribution in [0, 0.1) is 5.92 Å². The van der Waals surface area contributed by atoms with E-state index in [9.17, 15) is 19.2 Å². The largest absolute Gasteiger partial charge is 0.497 e. The number of esters is 1. The standard InChI is InChI=1S/C37H47N7O7S/c1-6-50-34(47)37-21-24(37)12-10-8-7-9-11-13-27(39-35(48)51-36(2,3)4)33(46)43-22-25(20-28(43)31(45)40-37)44-41-29(23-14-16-26(49-5)17-15-23)30(42-44)32-38-18-19-52-32/h10,12,14-19,24-25,27-28H,6-9,11,13,20-22H2,1-5H3,(H,39,48)(H,40,45)/b12-10-/t24-,25?,27-,28-,37+/m0/s1. The van der Waals surface area contributed by atoms with E-state index in [0.717, 1.165) is 24.8 Å². The Morgan fingerprint density at radius 1 is 1.10 bits per heavy atom. The van der Waals surface area contributed by atoms with E-state index < -0.39 is 53.1 Å². The van der Waals surface area contributed by atoms with Crippen molar-refractivity contribution in [1.29, 1.82) is 0 Å². The second kappa shape index (κ2) is 15.4. The van der Waals surface area contributed by atoms with Gasteiger partial charge < -0.3 is 29.7 Å². The molecular weight excluding hydrogens is 687 g/mol. The molecule has 52 heavy (non-hydrogen) atoms. The van der Waals surface area contributed by atoms with Crippen LogP contribution >= 0.6 is 11.3 Å². The zero-order valence-corrected chi connectivity index (χ0v) is 31.1. The zero-order valence-electron chi connectivity index (χ0n) is 30.3. The Kier molecular flexibility index (Phi) is 11.0. The Bertz CT molecular complexity index is 1790. The summed E-state index contributed by atoms with van der Waals surface area (Å²) in [6.45, 7) is 7.26. The predicted molar refractivity (Wildman–Crippen MR) is 193 cm³/mol. The first-order valence-electron chi connectivity index (χ1n) is 17.9. The van der Waals surface area contributed by atoms with Gasteiger partial charge in [-0.05, 0) is 77.6 Å². The van der Waals surface area contributed by atoms with Gasteiger partial charge >= 0.3 is 12.1 Å². The molecule has 1 aliphatic carbocycles. The summed E-state index contributed by atoms with van der Waals surface area (Å²) in [5.41, 5.74) is -0.0287. The van der Waals surface area contributed by atoms with Crippen LogP contribution in [0.2, 0.25) is 0 Å². The minimum absolute atomic E-state index is 0.0905. The second-order valence-electron chi connectivity index (χ2n) is 14.4. The number of allylic oxidation sites excluding steroid dienone is 1. The van der Waals surface area contributed by atoms with Crippen LogP contribution in [0.25, 0.3) is 22.0 Å². The molecule has 0 radical (unpaired) electrons. The van der Waals surface area contributed by atoms with Crippen LogP contribution in [0.5, 0.6) is 5.75 Å². The number of carbonyl (C=O) groups is 4. The number of ether oxygens (including phenoxy) is 3. The normalized spacial score (nSPS) is 25.8. The molecule has 2 fully saturated rings. The van der Waals surface area contributed by atoms with Gasteiger partial charge in [-0.3, -0.25) is 9.59 Å². The number of fused-ring (bicyclic) bond motifs is 2. The van der Waals surface area contributed by atoms with Crippen LogP contribution < -0.4 is 15.4 Å². The van der Waals surface area contributed by atoms with Crippen molar-refractivity contribution in [2.45, 2.75) is 102 Å². The summed E-state index contributed by atoms with van der Waals surface area (Å²) in [5, 5.41) is 18.1. The maximum absolute atomic E-state index is 14.5. The van der Waals surface area contributed by atoms with Gasteiger partial charge in [0.05, 0.1) is 19.8 Å². The van der Waals surface area contributed by atoms with Crippen LogP contribution in [0.4, 0.5) is 4.79 Å². The number of hydrogen-bond acceptors (Lipinski definition) is 11. The van der Waals surface area contributed by atoms with E-state index in [4.69, 9.17) is 24.4 Å². The molecule has 14 nitrogen and oxygen atoms in total. The van der Waals surface area contributed by atoms with E-state index in [0.29, 0.717) is 41.4 Å². The van der Waals surface area contributed by atoms with E-state index in [1.165, 1.54) is 16.2 Å². The SMILES string of the molecule is CCOC(=O)[C@@]12C[C@@H]1/C=C\CCCCC[C@H](NC(=O)OC(C)(C)C)C(=O)N1CC(n3nc(-c4ccc(OC)cc4)c(-c4nccs4)n3)C[C@H]1C(=O)N2. The third-order valence-corrected chi connectivity index (χ3v) is 10.3. The number of amides is 3. The highest BCUT2D eigenvalue weighted by atomic mass is 32.1. The number of rotatable bonds is 7. The predicted octanol–water partition coefficient (Wildman–Crippen LogP) is 5.07. The quantitative estimate of drug-likeness (QED) is 0.247. The van der Waals surface area contributed by atoms with Gasteiger partial charge in [-0.1, -0.05) is 25.0 Å². The molecule has 3 aromatic rings. The summed E-state index contributed by atoms with van der Waals surface area (Å²) in [6, 6.07) is 5.02. The Morgan fingerprint density at radius 3 is 2.56 bits per heavy atom. The molecule has 5 atom stereocenters. The van der Waals surface area contributed by atoms with Gasteiger partial charge in [0, 0.05) is 36.0 Å². The van der Waals surface area contributed by atoms with Crippen molar-refractivity contribution in [3.05, 3.63) is 48.0 Å². The van der Waals surface area contributed by atoms with E-state index in [1.807, 2.05) is 41.8 Å². The fourth-order valence-electron chi connectivity index (χ4n) is 6.85. The number of benzene rings is 1. The van der Waals surface area contributed by atoms with Gasteiger partial charge in [-0.25, -0.2) is 14.6 Å². The average Bonchev–Trinajstić information content (AvgIpc) is 3.57. The monoisotopic (exact) mass is 733 g/mol. The lowest BCUT2D eigenvalue weighted by Crippen LogP contribution is -2.56. The molecule has 3 aliphatic rings. The van der Waals surface area contributed by atoms with E-state index in [1.54, 1.807) is 45.8 Å². The average molecular weight is 734 g/mol. The molecule has 15 heteroatoms. The smallest absolute Gasteiger partial charge is 0.408 e. The minimum Gasteiger partial charge on any atom is -0.497 e. The third-order valence-electron chi connectivity index (χ3n) is 9.54. The topological polar surface area (TPSA) is 167 Å². The van der Waals surface area contributed by atoms with E-state index in [2.05, 4.69) is 15.6 Å². The summed E-state index contributed by atoms with van der Waals surface area (Å²) in [6.07, 6.45) is 9.11. The molecule has 6 rings (SSSR count). The molecule has 278 valence electrons. The Labute approximate surface area is 307 Å². The molecule has 2 aromatic heterocycles. The molecule has 1 unspecified atom stereocenters. The van der Waals surface area contributed by atoms with Crippen molar-refractivity contribution in [2.75, 3.05) is 20.3 Å². The molecule has 3 amide bonds. The van der Waals surface area contributed by atoms with Gasteiger partial charge in [-0.2, -0.15) is 9.90 Å². The number of nitrogens with one attached hydrogen (secondary N) is 2. The maximum Gasteiger partial charge on any atom is 0.408 e. The van der Waals surface area contributed by atoms with Gasteiger partial charge in [0.25, 0.3) is 0 Å². The van der Waals surface area contributed by atoms with Crippen molar-refractivity contribution in [2.24, 2.45) is 5.92 Å². The Morgan fingerprint density at radius 2 is 1.87 bits per heavy atom. The lowest BCUT2D eigenvalue weighted by molar-refractivity contribution is -0.150. The summed E-state index contributed by atoms with van der Waals surface area (Å²) >= 11 is 1.43. The van der Waals surface area contributed by atoms with Gasteiger partial charge in [0.15, 0.2) is 0 Å². The van der Waals surface area contributed by atoms with E-state index >= 15 is 0 Å². The first-order valence-corrected chi connectivity index (χ1v) is 18.8. The Balaban J connectivity index is 1.36. The summed E-state index contributed by atoms with van der Waals surface area (Å²) in [4.78, 5) is 62.7. The van der Waals surface area contributed by atoms with Crippen LogP contribution in [0.1, 0.15) is 78.7 Å². The molecule has 0 bridgehead atoms. The van der Waals surface area contributed by atoms with Crippen molar-refractivity contribution >= 4 is 35.2 Å². The van der Waals surface area contributed by atoms with Crippen molar-refractivity contribution < 1.29 is 33.4 Å². The lowest BCUT2D eigenvalue weighted by Gasteiger charge is -2.30. The van der Waals surface area contributed by atoms with Crippen LogP contribution in [0.15, 0.2) is 48.0 Å². The first-order chi connectivity index (χ1) is 24.9. The third kappa shape index (κ3) is 8.14. The van der Waals surface area contributed by atoms with Crippen LogP contribution in [-0.2, 0) is 23.9 Å². The summed E-state index contributed by atoms with van der Waals surface area (Å²) in [7, 11) is 1.60. The zero-order chi connectivity index (χ0) is 37.0. The van der Waals surface area contributed by atoms with E-state index in [-0.39, 0.29) is 25.5 Å². The summed E-state index contributed by atoms with van der Waals surface area (Å²) in [5.74, 6) is -0.912. The number of methoxy groups -OCH3 is 1.